The van der Waals surface area contributed by atoms with Crippen molar-refractivity contribution in [3.05, 3.63) is 36.0 Å². The minimum Gasteiger partial charge on any atom is -0.458 e. The molecule has 0 aromatic rings. The van der Waals surface area contributed by atoms with Crippen LogP contribution >= 0.6 is 0 Å². The highest BCUT2D eigenvalue weighted by Crippen LogP contribution is 2.53. The zero-order valence-corrected chi connectivity index (χ0v) is 13.7. The molecule has 0 saturated carbocycles. The van der Waals surface area contributed by atoms with Gasteiger partial charge in [-0.05, 0) is 31.6 Å². The largest absolute Gasteiger partial charge is 0.458 e. The summed E-state index contributed by atoms with van der Waals surface area (Å²) in [6.07, 6.45) is 2.95. The van der Waals surface area contributed by atoms with Crippen LogP contribution in [-0.2, 0) is 24.0 Å². The van der Waals surface area contributed by atoms with Gasteiger partial charge in [0.25, 0.3) is 0 Å². The Bertz CT molecular complexity index is 678. The molecule has 6 atom stereocenters. The summed E-state index contributed by atoms with van der Waals surface area (Å²) in [5.74, 6) is -2.64. The normalized spacial score (nSPS) is 43.6. The summed E-state index contributed by atoms with van der Waals surface area (Å²) in [5, 5.41) is 20.6. The highest BCUT2D eigenvalue weighted by molar-refractivity contribution is 5.91. The first-order valence-corrected chi connectivity index (χ1v) is 7.65. The molecule has 1 heterocycles. The highest BCUT2D eigenvalue weighted by atomic mass is 17.1. The zero-order chi connectivity index (χ0) is 17.9. The molecule has 24 heavy (non-hydrogen) atoms. The van der Waals surface area contributed by atoms with Gasteiger partial charge in [-0.25, -0.2) is 9.68 Å². The number of rotatable bonds is 2. The van der Waals surface area contributed by atoms with Crippen LogP contribution in [-0.4, -0.2) is 45.7 Å². The van der Waals surface area contributed by atoms with Gasteiger partial charge in [0.15, 0.2) is 0 Å². The topological polar surface area (TPSA) is 102 Å². The number of carbonyl (C=O) groups excluding carboxylic acids is 2. The van der Waals surface area contributed by atoms with Gasteiger partial charge in [0.05, 0.1) is 11.8 Å². The van der Waals surface area contributed by atoms with Crippen LogP contribution in [0, 0.1) is 11.8 Å². The number of hydrogen-bond acceptors (Lipinski definition) is 7. The summed E-state index contributed by atoms with van der Waals surface area (Å²) in [6, 6.07) is 0. The molecule has 130 valence electrons. The first-order chi connectivity index (χ1) is 11.1. The average molecular weight is 336 g/mol. The van der Waals surface area contributed by atoms with Gasteiger partial charge in [-0.15, -0.1) is 0 Å². The van der Waals surface area contributed by atoms with E-state index < -0.39 is 47.2 Å². The molecule has 0 radical (unpaired) electrons. The molecule has 0 amide bonds. The monoisotopic (exact) mass is 336 g/mol. The molecule has 1 fully saturated rings. The number of ether oxygens (including phenoxy) is 2. The summed E-state index contributed by atoms with van der Waals surface area (Å²) >= 11 is 0. The molecule has 0 aromatic heterocycles. The van der Waals surface area contributed by atoms with E-state index in [0.29, 0.717) is 5.57 Å². The van der Waals surface area contributed by atoms with Crippen LogP contribution < -0.4 is 0 Å². The van der Waals surface area contributed by atoms with Crippen molar-refractivity contribution in [2.75, 3.05) is 0 Å². The highest BCUT2D eigenvalue weighted by Gasteiger charge is 2.64. The molecule has 1 saturated heterocycles. The van der Waals surface area contributed by atoms with Gasteiger partial charge in [0.1, 0.15) is 23.4 Å². The molecule has 0 spiro atoms. The molecule has 3 aliphatic rings. The SMILES string of the molecule is C=C1C(=O)OC2C1C(OC(C)=O)C=C(C)C1(O)C=CC(C)(OO)C21. The molecule has 0 aromatic carbocycles. The molecular weight excluding hydrogens is 316 g/mol. The maximum absolute atomic E-state index is 12.1. The van der Waals surface area contributed by atoms with Crippen molar-refractivity contribution in [3.63, 3.8) is 0 Å². The van der Waals surface area contributed by atoms with Crippen molar-refractivity contribution in [2.45, 2.75) is 44.2 Å². The molecule has 2 aliphatic carbocycles. The van der Waals surface area contributed by atoms with E-state index in [9.17, 15) is 20.0 Å². The average Bonchev–Trinajstić information content (AvgIpc) is 2.91. The first kappa shape index (κ1) is 16.9. The number of esters is 2. The van der Waals surface area contributed by atoms with E-state index in [2.05, 4.69) is 11.5 Å². The third-order valence-electron chi connectivity index (χ3n) is 5.25. The number of aliphatic hydroxyl groups is 1. The summed E-state index contributed by atoms with van der Waals surface area (Å²) < 4.78 is 10.8. The second-order valence-electron chi connectivity index (χ2n) is 6.76. The van der Waals surface area contributed by atoms with E-state index >= 15 is 0 Å². The summed E-state index contributed by atoms with van der Waals surface area (Å²) in [5.41, 5.74) is -2.12. The third-order valence-corrected chi connectivity index (χ3v) is 5.25. The molecule has 3 rings (SSSR count). The van der Waals surface area contributed by atoms with E-state index in [-0.39, 0.29) is 5.57 Å². The van der Waals surface area contributed by atoms with E-state index in [4.69, 9.17) is 9.47 Å². The Morgan fingerprint density at radius 2 is 2.08 bits per heavy atom. The molecule has 1 aliphatic heterocycles. The Morgan fingerprint density at radius 3 is 2.67 bits per heavy atom. The van der Waals surface area contributed by atoms with Crippen molar-refractivity contribution in [1.82, 2.24) is 0 Å². The van der Waals surface area contributed by atoms with Crippen LogP contribution in [0.3, 0.4) is 0 Å². The van der Waals surface area contributed by atoms with Crippen molar-refractivity contribution in [2.24, 2.45) is 11.8 Å². The predicted octanol–water partition coefficient (Wildman–Crippen LogP) is 1.14. The third kappa shape index (κ3) is 2.16. The number of carbonyl (C=O) groups is 2. The second-order valence-corrected chi connectivity index (χ2v) is 6.76. The zero-order valence-electron chi connectivity index (χ0n) is 13.7. The fraction of sp³-hybridized carbons (Fsp3) is 0.529. The Hall–Kier alpha value is -1.96. The standard InChI is InChI=1S/C17H20O7/c1-8-7-11(22-10(3)18)12-9(2)15(19)23-13(12)14-16(4,24-21)5-6-17(8,14)20/h5-7,11-14,20-21H,2H2,1,3-4H3. The van der Waals surface area contributed by atoms with Crippen LogP contribution in [0.4, 0.5) is 0 Å². The van der Waals surface area contributed by atoms with Crippen molar-refractivity contribution >= 4 is 11.9 Å². The maximum atomic E-state index is 12.1. The summed E-state index contributed by atoms with van der Waals surface area (Å²) in [6.45, 7) is 8.28. The lowest BCUT2D eigenvalue weighted by Gasteiger charge is -2.40. The fourth-order valence-corrected chi connectivity index (χ4v) is 4.03. The van der Waals surface area contributed by atoms with Gasteiger partial charge >= 0.3 is 11.9 Å². The maximum Gasteiger partial charge on any atom is 0.334 e. The molecule has 7 nitrogen and oxygen atoms in total. The molecular formula is C17H20O7. The second kappa shape index (κ2) is 5.27. The van der Waals surface area contributed by atoms with E-state index in [1.54, 1.807) is 19.9 Å². The van der Waals surface area contributed by atoms with Crippen LogP contribution in [0.25, 0.3) is 0 Å². The summed E-state index contributed by atoms with van der Waals surface area (Å²) in [4.78, 5) is 28.2. The number of hydrogen-bond donors (Lipinski definition) is 2. The lowest BCUT2D eigenvalue weighted by atomic mass is 9.73. The van der Waals surface area contributed by atoms with Gasteiger partial charge in [-0.1, -0.05) is 12.7 Å². The quantitative estimate of drug-likeness (QED) is 0.256. The fourth-order valence-electron chi connectivity index (χ4n) is 4.03. The molecule has 6 unspecified atom stereocenters. The van der Waals surface area contributed by atoms with Crippen molar-refractivity contribution < 1.29 is 34.3 Å². The van der Waals surface area contributed by atoms with Gasteiger partial charge in [-0.3, -0.25) is 10.1 Å². The van der Waals surface area contributed by atoms with E-state index in [1.165, 1.54) is 19.1 Å². The lowest BCUT2D eigenvalue weighted by molar-refractivity contribution is -0.327. The Morgan fingerprint density at radius 1 is 1.42 bits per heavy atom. The van der Waals surface area contributed by atoms with Crippen molar-refractivity contribution in [1.29, 1.82) is 0 Å². The molecule has 0 bridgehead atoms. The first-order valence-electron chi connectivity index (χ1n) is 7.65. The summed E-state index contributed by atoms with van der Waals surface area (Å²) in [7, 11) is 0. The minimum absolute atomic E-state index is 0.159. The van der Waals surface area contributed by atoms with Crippen LogP contribution in [0.1, 0.15) is 20.8 Å². The van der Waals surface area contributed by atoms with Crippen LogP contribution in [0.5, 0.6) is 0 Å². The van der Waals surface area contributed by atoms with E-state index in [0.717, 1.165) is 0 Å². The van der Waals surface area contributed by atoms with Gasteiger partial charge in [0.2, 0.25) is 0 Å². The van der Waals surface area contributed by atoms with Crippen molar-refractivity contribution in [3.8, 4) is 0 Å². The predicted molar refractivity (Wildman–Crippen MR) is 81.5 cm³/mol. The van der Waals surface area contributed by atoms with Gasteiger partial charge in [-0.2, -0.15) is 0 Å². The molecule has 7 heteroatoms. The molecule has 2 N–H and O–H groups in total. The van der Waals surface area contributed by atoms with Crippen LogP contribution in [0.15, 0.2) is 36.0 Å². The number of fused-ring (bicyclic) bond motifs is 3. The smallest absolute Gasteiger partial charge is 0.334 e. The van der Waals surface area contributed by atoms with Crippen LogP contribution in [0.2, 0.25) is 0 Å². The van der Waals surface area contributed by atoms with Gasteiger partial charge in [0, 0.05) is 12.5 Å². The Kier molecular flexibility index (Phi) is 3.71. The Labute approximate surface area is 139 Å². The Balaban J connectivity index is 2.17. The van der Waals surface area contributed by atoms with Gasteiger partial charge < -0.3 is 14.6 Å². The van der Waals surface area contributed by atoms with E-state index in [1.807, 2.05) is 0 Å². The minimum atomic E-state index is -1.51. The lowest BCUT2D eigenvalue weighted by Crippen LogP contribution is -2.53.